The zero-order valence-corrected chi connectivity index (χ0v) is 12.3. The fourth-order valence-corrected chi connectivity index (χ4v) is 3.17. The van der Waals surface area contributed by atoms with Gasteiger partial charge in [-0.1, -0.05) is 43.9 Å². The highest BCUT2D eigenvalue weighted by molar-refractivity contribution is 5.96. The van der Waals surface area contributed by atoms with Crippen LogP contribution in [0.4, 0.5) is 11.4 Å². The third-order valence-electron chi connectivity index (χ3n) is 4.43. The van der Waals surface area contributed by atoms with Crippen molar-refractivity contribution in [2.45, 2.75) is 44.1 Å². The first-order chi connectivity index (χ1) is 10.2. The van der Waals surface area contributed by atoms with Crippen molar-refractivity contribution in [2.75, 3.05) is 17.6 Å². The van der Waals surface area contributed by atoms with Gasteiger partial charge in [-0.15, -0.1) is 0 Å². The summed E-state index contributed by atoms with van der Waals surface area (Å²) in [4.78, 5) is 4.34. The molecule has 0 unspecified atom stereocenters. The van der Waals surface area contributed by atoms with Crippen molar-refractivity contribution in [3.05, 3.63) is 30.5 Å². The summed E-state index contributed by atoms with van der Waals surface area (Å²) >= 11 is 0. The number of benzene rings is 1. The summed E-state index contributed by atoms with van der Waals surface area (Å²) in [6, 6.07) is 7.93. The fraction of sp³-hybridized carbons (Fsp3) is 0.471. The first kappa shape index (κ1) is 14.1. The minimum atomic E-state index is -0.618. The van der Waals surface area contributed by atoms with Crippen molar-refractivity contribution in [1.82, 2.24) is 4.98 Å². The van der Waals surface area contributed by atoms with Crippen molar-refractivity contribution >= 4 is 22.3 Å². The van der Waals surface area contributed by atoms with E-state index in [-0.39, 0.29) is 0 Å². The van der Waals surface area contributed by atoms with Gasteiger partial charge in [0, 0.05) is 11.9 Å². The molecule has 0 aliphatic heterocycles. The lowest BCUT2D eigenvalue weighted by Gasteiger charge is -2.28. The Labute approximate surface area is 125 Å². The Bertz CT molecular complexity index is 618. The van der Waals surface area contributed by atoms with Crippen LogP contribution in [-0.4, -0.2) is 22.2 Å². The minimum Gasteiger partial charge on any atom is -0.396 e. The largest absolute Gasteiger partial charge is 0.396 e. The summed E-state index contributed by atoms with van der Waals surface area (Å²) in [6.45, 7) is 0.547. The molecular formula is C17H23N3O. The van der Waals surface area contributed by atoms with Crippen molar-refractivity contribution in [1.29, 1.82) is 0 Å². The topological polar surface area (TPSA) is 71.2 Å². The van der Waals surface area contributed by atoms with E-state index < -0.39 is 5.60 Å². The van der Waals surface area contributed by atoms with Crippen molar-refractivity contribution < 1.29 is 5.11 Å². The number of aliphatic hydroxyl groups is 1. The third-order valence-corrected chi connectivity index (χ3v) is 4.43. The summed E-state index contributed by atoms with van der Waals surface area (Å²) in [5, 5.41) is 15.1. The van der Waals surface area contributed by atoms with E-state index in [9.17, 15) is 5.11 Å². The predicted molar refractivity (Wildman–Crippen MR) is 87.3 cm³/mol. The van der Waals surface area contributed by atoms with E-state index in [0.717, 1.165) is 42.3 Å². The van der Waals surface area contributed by atoms with E-state index in [1.54, 1.807) is 6.20 Å². The molecule has 1 heterocycles. The number of aromatic nitrogens is 1. The van der Waals surface area contributed by atoms with E-state index in [4.69, 9.17) is 5.73 Å². The van der Waals surface area contributed by atoms with Crippen molar-refractivity contribution in [3.8, 4) is 0 Å². The number of nitrogens with zero attached hydrogens (tertiary/aromatic N) is 1. The monoisotopic (exact) mass is 285 g/mol. The molecule has 112 valence electrons. The van der Waals surface area contributed by atoms with Crippen LogP contribution in [-0.2, 0) is 0 Å². The van der Waals surface area contributed by atoms with Gasteiger partial charge in [0.2, 0.25) is 0 Å². The highest BCUT2D eigenvalue weighted by Gasteiger charge is 2.28. The van der Waals surface area contributed by atoms with E-state index in [0.29, 0.717) is 12.2 Å². The molecule has 2 aromatic rings. The van der Waals surface area contributed by atoms with Crippen LogP contribution in [0.2, 0.25) is 0 Å². The van der Waals surface area contributed by atoms with Crippen LogP contribution in [0.5, 0.6) is 0 Å². The lowest BCUT2D eigenvalue weighted by molar-refractivity contribution is 0.0382. The first-order valence-electron chi connectivity index (χ1n) is 7.77. The summed E-state index contributed by atoms with van der Waals surface area (Å²) in [6.07, 6.45) is 8.06. The van der Waals surface area contributed by atoms with Crippen molar-refractivity contribution in [2.24, 2.45) is 0 Å². The van der Waals surface area contributed by atoms with E-state index in [1.165, 1.54) is 12.8 Å². The number of para-hydroxylation sites is 1. The number of hydrogen-bond donors (Lipinski definition) is 3. The van der Waals surface area contributed by atoms with Crippen LogP contribution in [0.25, 0.3) is 10.9 Å². The molecule has 1 aromatic carbocycles. The number of nitrogen functional groups attached to an aromatic ring is 1. The van der Waals surface area contributed by atoms with Gasteiger partial charge in [-0.25, -0.2) is 0 Å². The minimum absolute atomic E-state index is 0.547. The van der Waals surface area contributed by atoms with Gasteiger partial charge in [-0.3, -0.25) is 4.98 Å². The normalized spacial score (nSPS) is 18.3. The molecule has 0 bridgehead atoms. The van der Waals surface area contributed by atoms with Crippen molar-refractivity contribution in [3.63, 3.8) is 0 Å². The molecule has 21 heavy (non-hydrogen) atoms. The number of fused-ring (bicyclic) bond motifs is 1. The maximum absolute atomic E-state index is 10.8. The summed E-state index contributed by atoms with van der Waals surface area (Å²) in [5.74, 6) is 0. The maximum atomic E-state index is 10.8. The third kappa shape index (κ3) is 3.10. The van der Waals surface area contributed by atoms with Gasteiger partial charge >= 0.3 is 0 Å². The molecule has 0 saturated heterocycles. The zero-order valence-electron chi connectivity index (χ0n) is 12.3. The molecule has 1 saturated carbocycles. The number of hydrogen-bond acceptors (Lipinski definition) is 4. The van der Waals surface area contributed by atoms with Gasteiger partial charge in [-0.2, -0.15) is 0 Å². The van der Waals surface area contributed by atoms with E-state index in [2.05, 4.69) is 10.3 Å². The fourth-order valence-electron chi connectivity index (χ4n) is 3.17. The Morgan fingerprint density at radius 3 is 2.62 bits per heavy atom. The first-order valence-corrected chi connectivity index (χ1v) is 7.77. The second kappa shape index (κ2) is 5.90. The number of nitrogens with one attached hydrogen (secondary N) is 1. The molecule has 1 aliphatic rings. The molecular weight excluding hydrogens is 262 g/mol. The number of rotatable bonds is 3. The Morgan fingerprint density at radius 1 is 1.14 bits per heavy atom. The molecule has 3 rings (SSSR count). The molecule has 0 amide bonds. The van der Waals surface area contributed by atoms with Crippen LogP contribution in [0.15, 0.2) is 30.5 Å². The van der Waals surface area contributed by atoms with Gasteiger partial charge in [0.25, 0.3) is 0 Å². The molecule has 1 fully saturated rings. The molecule has 0 atom stereocenters. The molecule has 0 radical (unpaired) electrons. The van der Waals surface area contributed by atoms with Gasteiger partial charge in [0.15, 0.2) is 0 Å². The molecule has 0 spiro atoms. The van der Waals surface area contributed by atoms with E-state index >= 15 is 0 Å². The highest BCUT2D eigenvalue weighted by atomic mass is 16.3. The van der Waals surface area contributed by atoms with Crippen LogP contribution in [0, 0.1) is 0 Å². The number of anilines is 2. The standard InChI is InChI=1S/C17H23N3O/c18-14-11-19-15-8-4-3-7-13(15)16(14)20-12-17(21)9-5-1-2-6-10-17/h3-4,7-8,11,21H,1-2,5-6,9-10,12,18H2,(H,19,20). The summed E-state index contributed by atoms with van der Waals surface area (Å²) in [5.41, 5.74) is 7.89. The predicted octanol–water partition coefficient (Wildman–Crippen LogP) is 3.31. The quantitative estimate of drug-likeness (QED) is 0.757. The Balaban J connectivity index is 1.83. The lowest BCUT2D eigenvalue weighted by Crippen LogP contribution is -2.36. The molecule has 4 N–H and O–H groups in total. The van der Waals surface area contributed by atoms with Crippen LogP contribution in [0.3, 0.4) is 0 Å². The average Bonchev–Trinajstić information content (AvgIpc) is 2.71. The van der Waals surface area contributed by atoms with E-state index in [1.807, 2.05) is 24.3 Å². The second-order valence-corrected chi connectivity index (χ2v) is 6.10. The van der Waals surface area contributed by atoms with Gasteiger partial charge in [0.05, 0.1) is 28.7 Å². The van der Waals surface area contributed by atoms with Gasteiger partial charge in [0.1, 0.15) is 0 Å². The van der Waals surface area contributed by atoms with Crippen LogP contribution in [0.1, 0.15) is 38.5 Å². The SMILES string of the molecule is Nc1cnc2ccccc2c1NCC1(O)CCCCCC1. The summed E-state index contributed by atoms with van der Waals surface area (Å²) in [7, 11) is 0. The molecule has 4 heteroatoms. The Morgan fingerprint density at radius 2 is 1.86 bits per heavy atom. The van der Waals surface area contributed by atoms with Gasteiger partial charge < -0.3 is 16.2 Å². The maximum Gasteiger partial charge on any atom is 0.0819 e. The average molecular weight is 285 g/mol. The molecule has 1 aliphatic carbocycles. The highest BCUT2D eigenvalue weighted by Crippen LogP contribution is 2.31. The van der Waals surface area contributed by atoms with Crippen LogP contribution >= 0.6 is 0 Å². The molecule has 1 aromatic heterocycles. The number of nitrogens with two attached hydrogens (primary N) is 1. The smallest absolute Gasteiger partial charge is 0.0819 e. The lowest BCUT2D eigenvalue weighted by atomic mass is 9.94. The Kier molecular flexibility index (Phi) is 3.97. The number of pyridine rings is 1. The second-order valence-electron chi connectivity index (χ2n) is 6.10. The van der Waals surface area contributed by atoms with Crippen LogP contribution < -0.4 is 11.1 Å². The Hall–Kier alpha value is -1.81. The zero-order chi connectivity index (χ0) is 14.7. The summed E-state index contributed by atoms with van der Waals surface area (Å²) < 4.78 is 0. The molecule has 4 nitrogen and oxygen atoms in total. The van der Waals surface area contributed by atoms with Gasteiger partial charge in [-0.05, 0) is 18.9 Å².